The van der Waals surface area contributed by atoms with Crippen LogP contribution < -0.4 is 5.32 Å². The lowest BCUT2D eigenvalue weighted by Crippen LogP contribution is -2.53. The first-order valence-corrected chi connectivity index (χ1v) is 11.3. The van der Waals surface area contributed by atoms with Crippen LogP contribution in [0, 0.1) is 11.8 Å². The highest BCUT2D eigenvalue weighted by atomic mass is 16.6. The highest BCUT2D eigenvalue weighted by molar-refractivity contribution is 5.87. The molecule has 2 aliphatic rings. The van der Waals surface area contributed by atoms with Crippen LogP contribution in [0.3, 0.4) is 0 Å². The van der Waals surface area contributed by atoms with Crippen molar-refractivity contribution in [1.82, 2.24) is 15.1 Å². The number of carbonyl (C=O) groups excluding carboxylic acids is 3. The molecule has 176 valence electrons. The van der Waals surface area contributed by atoms with Gasteiger partial charge in [-0.2, -0.15) is 0 Å². The molecule has 0 aromatic heterocycles. The smallest absolute Gasteiger partial charge is 0.410 e. The van der Waals surface area contributed by atoms with Gasteiger partial charge in [-0.05, 0) is 52.4 Å². The standard InChI is InChI=1S/C22H37N3O6/c1-6-14(2)17(20(28)29)23-18(26)15-9-12-24(13-10-15)19(27)16-8-7-11-25(16)21(30)31-22(3,4)5/h14-17H,6-13H2,1-5H3,(H,23,26)(H,28,29)/t14-,16-,17-/m0/s1. The van der Waals surface area contributed by atoms with Gasteiger partial charge in [0, 0.05) is 25.6 Å². The van der Waals surface area contributed by atoms with Gasteiger partial charge in [0.15, 0.2) is 0 Å². The van der Waals surface area contributed by atoms with Gasteiger partial charge in [-0.3, -0.25) is 14.5 Å². The highest BCUT2D eigenvalue weighted by Crippen LogP contribution is 2.25. The Bertz CT molecular complexity index is 681. The summed E-state index contributed by atoms with van der Waals surface area (Å²) in [5.41, 5.74) is -0.623. The van der Waals surface area contributed by atoms with Crippen LogP contribution in [-0.4, -0.2) is 76.1 Å². The third-order valence-corrected chi connectivity index (χ3v) is 6.12. The van der Waals surface area contributed by atoms with Crippen molar-refractivity contribution in [3.8, 4) is 0 Å². The van der Waals surface area contributed by atoms with Crippen LogP contribution >= 0.6 is 0 Å². The van der Waals surface area contributed by atoms with E-state index in [1.807, 2.05) is 6.92 Å². The van der Waals surface area contributed by atoms with E-state index < -0.39 is 29.7 Å². The number of hydrogen-bond donors (Lipinski definition) is 2. The topological polar surface area (TPSA) is 116 Å². The number of carboxylic acid groups (broad SMARTS) is 1. The summed E-state index contributed by atoms with van der Waals surface area (Å²) in [6.07, 6.45) is 2.49. The fourth-order valence-corrected chi connectivity index (χ4v) is 4.09. The van der Waals surface area contributed by atoms with E-state index in [4.69, 9.17) is 4.74 Å². The summed E-state index contributed by atoms with van der Waals surface area (Å²) in [5, 5.41) is 12.1. The minimum absolute atomic E-state index is 0.106. The van der Waals surface area contributed by atoms with Gasteiger partial charge < -0.3 is 20.1 Å². The molecule has 2 N–H and O–H groups in total. The van der Waals surface area contributed by atoms with E-state index in [1.54, 1.807) is 32.6 Å². The molecule has 2 rings (SSSR count). The lowest BCUT2D eigenvalue weighted by atomic mass is 9.93. The number of hydrogen-bond acceptors (Lipinski definition) is 5. The maximum atomic E-state index is 13.1. The predicted octanol–water partition coefficient (Wildman–Crippen LogP) is 2.24. The summed E-state index contributed by atoms with van der Waals surface area (Å²) in [7, 11) is 0. The number of rotatable bonds is 6. The summed E-state index contributed by atoms with van der Waals surface area (Å²) in [4.78, 5) is 52.8. The van der Waals surface area contributed by atoms with Gasteiger partial charge in [0.05, 0.1) is 0 Å². The average molecular weight is 440 g/mol. The average Bonchev–Trinajstić information content (AvgIpc) is 3.19. The van der Waals surface area contributed by atoms with Crippen molar-refractivity contribution in [2.24, 2.45) is 11.8 Å². The second kappa shape index (κ2) is 10.3. The van der Waals surface area contributed by atoms with Crippen molar-refractivity contribution in [3.63, 3.8) is 0 Å². The fourth-order valence-electron chi connectivity index (χ4n) is 4.09. The Hall–Kier alpha value is -2.32. The lowest BCUT2D eigenvalue weighted by molar-refractivity contribution is -0.144. The molecule has 0 aromatic carbocycles. The van der Waals surface area contributed by atoms with Gasteiger partial charge in [-0.1, -0.05) is 20.3 Å². The third-order valence-electron chi connectivity index (χ3n) is 6.12. The van der Waals surface area contributed by atoms with E-state index in [1.165, 1.54) is 4.90 Å². The van der Waals surface area contributed by atoms with E-state index >= 15 is 0 Å². The van der Waals surface area contributed by atoms with Crippen molar-refractivity contribution in [2.45, 2.75) is 84.4 Å². The molecule has 2 heterocycles. The van der Waals surface area contributed by atoms with Crippen LogP contribution in [0.15, 0.2) is 0 Å². The van der Waals surface area contributed by atoms with Gasteiger partial charge in [0.2, 0.25) is 11.8 Å². The van der Waals surface area contributed by atoms with E-state index in [0.29, 0.717) is 45.3 Å². The van der Waals surface area contributed by atoms with Crippen LogP contribution in [0.2, 0.25) is 0 Å². The largest absolute Gasteiger partial charge is 0.480 e. The van der Waals surface area contributed by atoms with Crippen LogP contribution in [-0.2, 0) is 19.1 Å². The van der Waals surface area contributed by atoms with Crippen molar-refractivity contribution in [3.05, 3.63) is 0 Å². The zero-order valence-electron chi connectivity index (χ0n) is 19.3. The lowest BCUT2D eigenvalue weighted by Gasteiger charge is -2.35. The molecule has 3 atom stereocenters. The maximum Gasteiger partial charge on any atom is 0.410 e. The minimum Gasteiger partial charge on any atom is -0.480 e. The number of piperidine rings is 1. The van der Waals surface area contributed by atoms with Gasteiger partial charge in [0.1, 0.15) is 17.7 Å². The Balaban J connectivity index is 1.91. The number of ether oxygens (including phenoxy) is 1. The normalized spacial score (nSPS) is 22.0. The van der Waals surface area contributed by atoms with Gasteiger partial charge in [-0.15, -0.1) is 0 Å². The Morgan fingerprint density at radius 1 is 1.10 bits per heavy atom. The molecule has 0 radical (unpaired) electrons. The quantitative estimate of drug-likeness (QED) is 0.656. The second-order valence-electron chi connectivity index (χ2n) is 9.64. The van der Waals surface area contributed by atoms with Crippen molar-refractivity contribution < 1.29 is 29.0 Å². The van der Waals surface area contributed by atoms with Gasteiger partial charge >= 0.3 is 12.1 Å². The van der Waals surface area contributed by atoms with Crippen molar-refractivity contribution in [2.75, 3.05) is 19.6 Å². The Morgan fingerprint density at radius 2 is 1.71 bits per heavy atom. The number of nitrogens with one attached hydrogen (secondary N) is 1. The summed E-state index contributed by atoms with van der Waals surface area (Å²) in [6.45, 7) is 10.4. The SMILES string of the molecule is CC[C@H](C)[C@H](NC(=O)C1CCN(C(=O)[C@@H]2CCCN2C(=O)OC(C)(C)C)CC1)C(=O)O. The number of carbonyl (C=O) groups is 4. The first kappa shape index (κ1) is 24.9. The molecule has 0 bridgehead atoms. The Kier molecular flexibility index (Phi) is 8.31. The number of likely N-dealkylation sites (tertiary alicyclic amines) is 2. The summed E-state index contributed by atoms with van der Waals surface area (Å²) >= 11 is 0. The Labute approximate surface area is 184 Å². The van der Waals surface area contributed by atoms with E-state index in [9.17, 15) is 24.3 Å². The van der Waals surface area contributed by atoms with Crippen LogP contribution in [0.4, 0.5) is 4.79 Å². The molecular formula is C22H37N3O6. The third kappa shape index (κ3) is 6.58. The monoisotopic (exact) mass is 439 g/mol. The van der Waals surface area contributed by atoms with E-state index in [0.717, 1.165) is 6.42 Å². The maximum absolute atomic E-state index is 13.1. The van der Waals surface area contributed by atoms with Gasteiger partial charge in [-0.25, -0.2) is 9.59 Å². The molecule has 31 heavy (non-hydrogen) atoms. The van der Waals surface area contributed by atoms with E-state index in [-0.39, 0.29) is 23.7 Å². The summed E-state index contributed by atoms with van der Waals surface area (Å²) in [5.74, 6) is -1.88. The molecule has 9 nitrogen and oxygen atoms in total. The summed E-state index contributed by atoms with van der Waals surface area (Å²) < 4.78 is 5.44. The van der Waals surface area contributed by atoms with Crippen molar-refractivity contribution in [1.29, 1.82) is 0 Å². The highest BCUT2D eigenvalue weighted by Gasteiger charge is 2.40. The van der Waals surface area contributed by atoms with Crippen LogP contribution in [0.5, 0.6) is 0 Å². The summed E-state index contributed by atoms with van der Waals surface area (Å²) in [6, 6.07) is -1.43. The number of amides is 3. The first-order valence-electron chi connectivity index (χ1n) is 11.3. The molecule has 2 aliphatic heterocycles. The van der Waals surface area contributed by atoms with E-state index in [2.05, 4.69) is 5.32 Å². The second-order valence-corrected chi connectivity index (χ2v) is 9.64. The zero-order chi connectivity index (χ0) is 23.3. The molecule has 2 saturated heterocycles. The molecule has 3 amide bonds. The minimum atomic E-state index is -1.03. The fraction of sp³-hybridized carbons (Fsp3) is 0.818. The zero-order valence-corrected chi connectivity index (χ0v) is 19.3. The van der Waals surface area contributed by atoms with Crippen LogP contribution in [0.1, 0.15) is 66.7 Å². The number of aliphatic carboxylic acids is 1. The molecule has 0 saturated carbocycles. The van der Waals surface area contributed by atoms with Crippen molar-refractivity contribution >= 4 is 23.9 Å². The molecule has 0 aliphatic carbocycles. The molecule has 0 spiro atoms. The predicted molar refractivity (Wildman–Crippen MR) is 114 cm³/mol. The Morgan fingerprint density at radius 3 is 2.23 bits per heavy atom. The molecule has 0 aromatic rings. The molecule has 2 fully saturated rings. The first-order chi connectivity index (χ1) is 14.4. The van der Waals surface area contributed by atoms with Crippen LogP contribution in [0.25, 0.3) is 0 Å². The molecular weight excluding hydrogens is 402 g/mol. The molecule has 0 unspecified atom stereocenters. The molecule has 9 heteroatoms. The van der Waals surface area contributed by atoms with Gasteiger partial charge in [0.25, 0.3) is 0 Å². The number of carboxylic acids is 1. The number of nitrogens with zero attached hydrogens (tertiary/aromatic N) is 2.